The van der Waals surface area contributed by atoms with Gasteiger partial charge in [-0.3, -0.25) is 4.79 Å². The molecule has 1 unspecified atom stereocenters. The third-order valence-electron chi connectivity index (χ3n) is 4.32. The number of amides is 1. The second kappa shape index (κ2) is 6.27. The van der Waals surface area contributed by atoms with Gasteiger partial charge in [0.25, 0.3) is 0 Å². The molecule has 2 aromatic carbocycles. The molecule has 3 aromatic rings. The van der Waals surface area contributed by atoms with Crippen LogP contribution in [0.2, 0.25) is 0 Å². The maximum absolute atomic E-state index is 13.1. The van der Waals surface area contributed by atoms with Crippen molar-refractivity contribution in [3.63, 3.8) is 0 Å². The summed E-state index contributed by atoms with van der Waals surface area (Å²) in [6.45, 7) is 0. The lowest BCUT2D eigenvalue weighted by atomic mass is 9.87. The number of nitrogens with two attached hydrogens (primary N) is 1. The summed E-state index contributed by atoms with van der Waals surface area (Å²) in [5, 5.41) is 0.897. The second-order valence-corrected chi connectivity index (χ2v) is 6.06. The van der Waals surface area contributed by atoms with E-state index in [1.807, 2.05) is 42.1 Å². The van der Waals surface area contributed by atoms with Gasteiger partial charge in [0.2, 0.25) is 5.91 Å². The Balaban J connectivity index is 2.17. The lowest BCUT2D eigenvalue weighted by Crippen LogP contribution is -2.16. The molecule has 1 atom stereocenters. The number of nitrogens with zero attached hydrogens (tertiary/aromatic N) is 1. The molecular weight excluding hydrogens is 329 g/mol. The zero-order chi connectivity index (χ0) is 18.2. The van der Waals surface area contributed by atoms with Crippen molar-refractivity contribution in [3.8, 4) is 0 Å². The number of benzene rings is 2. The summed E-state index contributed by atoms with van der Waals surface area (Å²) in [7, 11) is 1.86. The molecule has 25 heavy (non-hydrogen) atoms. The monoisotopic (exact) mass is 346 g/mol. The van der Waals surface area contributed by atoms with E-state index in [-0.39, 0.29) is 6.42 Å². The van der Waals surface area contributed by atoms with Crippen LogP contribution in [0.3, 0.4) is 0 Å². The number of aromatic nitrogens is 1. The van der Waals surface area contributed by atoms with Crippen molar-refractivity contribution >= 4 is 16.8 Å². The molecule has 0 aliphatic heterocycles. The quantitative estimate of drug-likeness (QED) is 0.756. The lowest BCUT2D eigenvalue weighted by Gasteiger charge is -2.17. The molecule has 0 aliphatic carbocycles. The highest BCUT2D eigenvalue weighted by atomic mass is 19.4. The van der Waals surface area contributed by atoms with Crippen LogP contribution in [0.1, 0.15) is 29.0 Å². The van der Waals surface area contributed by atoms with Crippen LogP contribution in [-0.4, -0.2) is 10.5 Å². The van der Waals surface area contributed by atoms with E-state index in [1.165, 1.54) is 6.07 Å². The molecule has 3 nitrogen and oxygen atoms in total. The van der Waals surface area contributed by atoms with Gasteiger partial charge in [-0.05, 0) is 23.3 Å². The van der Waals surface area contributed by atoms with Gasteiger partial charge in [0.1, 0.15) is 0 Å². The van der Waals surface area contributed by atoms with E-state index < -0.39 is 23.6 Å². The van der Waals surface area contributed by atoms with E-state index >= 15 is 0 Å². The molecule has 0 aliphatic rings. The number of carbonyl (C=O) groups is 1. The highest BCUT2D eigenvalue weighted by molar-refractivity contribution is 5.86. The van der Waals surface area contributed by atoms with Crippen LogP contribution < -0.4 is 5.73 Å². The summed E-state index contributed by atoms with van der Waals surface area (Å²) in [5.41, 5.74) is 6.79. The van der Waals surface area contributed by atoms with E-state index in [0.29, 0.717) is 5.56 Å². The average molecular weight is 346 g/mol. The van der Waals surface area contributed by atoms with Crippen LogP contribution in [0.25, 0.3) is 10.9 Å². The Kier molecular flexibility index (Phi) is 4.29. The lowest BCUT2D eigenvalue weighted by molar-refractivity contribution is -0.137. The summed E-state index contributed by atoms with van der Waals surface area (Å²) in [4.78, 5) is 11.6. The first-order valence-electron chi connectivity index (χ1n) is 7.77. The van der Waals surface area contributed by atoms with Crippen molar-refractivity contribution in [2.75, 3.05) is 0 Å². The highest BCUT2D eigenvalue weighted by Crippen LogP contribution is 2.37. The Morgan fingerprint density at radius 3 is 2.56 bits per heavy atom. The Morgan fingerprint density at radius 2 is 1.88 bits per heavy atom. The maximum Gasteiger partial charge on any atom is 0.416 e. The molecule has 2 N–H and O–H groups in total. The fourth-order valence-electron chi connectivity index (χ4n) is 3.19. The van der Waals surface area contributed by atoms with Crippen LogP contribution >= 0.6 is 0 Å². The first-order valence-corrected chi connectivity index (χ1v) is 7.77. The van der Waals surface area contributed by atoms with Crippen molar-refractivity contribution < 1.29 is 18.0 Å². The molecule has 6 heteroatoms. The van der Waals surface area contributed by atoms with Gasteiger partial charge in [0.15, 0.2) is 0 Å². The minimum Gasteiger partial charge on any atom is -0.370 e. The SMILES string of the molecule is Cn1cc(C(CC(N)=O)c2cccc(C(F)(F)F)c2)c2ccccc21. The number of rotatable bonds is 4. The molecule has 1 aromatic heterocycles. The molecule has 0 fully saturated rings. The topological polar surface area (TPSA) is 48.0 Å². The van der Waals surface area contributed by atoms with Crippen molar-refractivity contribution in [3.05, 3.63) is 71.4 Å². The van der Waals surface area contributed by atoms with Gasteiger partial charge in [0, 0.05) is 36.5 Å². The number of carbonyl (C=O) groups excluding carboxylic acids is 1. The summed E-state index contributed by atoms with van der Waals surface area (Å²) in [5.74, 6) is -1.10. The summed E-state index contributed by atoms with van der Waals surface area (Å²) in [6.07, 6.45) is -2.65. The molecule has 0 radical (unpaired) electrons. The fraction of sp³-hybridized carbons (Fsp3) is 0.211. The number of alkyl halides is 3. The number of primary amides is 1. The molecule has 0 saturated heterocycles. The van der Waals surface area contributed by atoms with Crippen molar-refractivity contribution in [2.45, 2.75) is 18.5 Å². The number of fused-ring (bicyclic) bond motifs is 1. The number of halogens is 3. The molecule has 3 rings (SSSR count). The van der Waals surface area contributed by atoms with Crippen LogP contribution in [0.15, 0.2) is 54.7 Å². The summed E-state index contributed by atoms with van der Waals surface area (Å²) in [6, 6.07) is 12.6. The van der Waals surface area contributed by atoms with Crippen LogP contribution in [0.5, 0.6) is 0 Å². The number of hydrogen-bond donors (Lipinski definition) is 1. The third kappa shape index (κ3) is 3.38. The Labute approximate surface area is 142 Å². The van der Waals surface area contributed by atoms with Crippen LogP contribution in [0, 0.1) is 0 Å². The van der Waals surface area contributed by atoms with Gasteiger partial charge in [-0.25, -0.2) is 0 Å². The predicted molar refractivity (Wildman–Crippen MR) is 90.0 cm³/mol. The van der Waals surface area contributed by atoms with Crippen LogP contribution in [-0.2, 0) is 18.0 Å². The Bertz CT molecular complexity index is 928. The first-order chi connectivity index (χ1) is 11.8. The largest absolute Gasteiger partial charge is 0.416 e. The van der Waals surface area contributed by atoms with Gasteiger partial charge in [-0.15, -0.1) is 0 Å². The van der Waals surface area contributed by atoms with Gasteiger partial charge in [-0.1, -0.05) is 36.4 Å². The molecule has 0 spiro atoms. The molecule has 130 valence electrons. The van der Waals surface area contributed by atoms with E-state index in [0.717, 1.165) is 28.6 Å². The van der Waals surface area contributed by atoms with E-state index in [1.54, 1.807) is 6.07 Å². The number of para-hydroxylation sites is 1. The highest BCUT2D eigenvalue weighted by Gasteiger charge is 2.31. The first kappa shape index (κ1) is 17.1. The molecule has 0 saturated carbocycles. The van der Waals surface area contributed by atoms with Gasteiger partial charge in [-0.2, -0.15) is 13.2 Å². The van der Waals surface area contributed by atoms with Crippen molar-refractivity contribution in [2.24, 2.45) is 12.8 Å². The zero-order valence-corrected chi connectivity index (χ0v) is 13.5. The van der Waals surface area contributed by atoms with Crippen molar-refractivity contribution in [1.29, 1.82) is 0 Å². The predicted octanol–water partition coefficient (Wildman–Crippen LogP) is 4.20. The minimum atomic E-state index is -4.44. The maximum atomic E-state index is 13.1. The fourth-order valence-corrected chi connectivity index (χ4v) is 3.19. The van der Waals surface area contributed by atoms with E-state index in [4.69, 9.17) is 5.73 Å². The Hall–Kier alpha value is -2.76. The standard InChI is InChI=1S/C19H17F3N2O/c1-24-11-16(14-7-2-3-8-17(14)24)15(10-18(23)25)12-5-4-6-13(9-12)19(20,21)22/h2-9,11,15H,10H2,1H3,(H2,23,25). The minimum absolute atomic E-state index is 0.0602. The smallest absolute Gasteiger partial charge is 0.370 e. The van der Waals surface area contributed by atoms with Crippen molar-refractivity contribution in [1.82, 2.24) is 4.57 Å². The molecule has 1 heterocycles. The summed E-state index contributed by atoms with van der Waals surface area (Å²) >= 11 is 0. The summed E-state index contributed by atoms with van der Waals surface area (Å²) < 4.78 is 41.1. The zero-order valence-electron chi connectivity index (χ0n) is 13.5. The van der Waals surface area contributed by atoms with Gasteiger partial charge < -0.3 is 10.3 Å². The second-order valence-electron chi connectivity index (χ2n) is 6.06. The number of aryl methyl sites for hydroxylation is 1. The third-order valence-corrected chi connectivity index (χ3v) is 4.32. The molecular formula is C19H17F3N2O. The van der Waals surface area contributed by atoms with Gasteiger partial charge >= 0.3 is 6.18 Å². The van der Waals surface area contributed by atoms with E-state index in [2.05, 4.69) is 0 Å². The average Bonchev–Trinajstić information content (AvgIpc) is 2.89. The molecule has 0 bridgehead atoms. The van der Waals surface area contributed by atoms with Gasteiger partial charge in [0.05, 0.1) is 5.56 Å². The number of hydrogen-bond acceptors (Lipinski definition) is 1. The van der Waals surface area contributed by atoms with Crippen LogP contribution in [0.4, 0.5) is 13.2 Å². The molecule has 1 amide bonds. The van der Waals surface area contributed by atoms with E-state index in [9.17, 15) is 18.0 Å². The Morgan fingerprint density at radius 1 is 1.16 bits per heavy atom. The normalized spacial score (nSPS) is 13.1.